The van der Waals surface area contributed by atoms with Crippen LogP contribution in [-0.2, 0) is 6.42 Å². The molecular weight excluding hydrogens is 515 g/mol. The number of thiophene rings is 1. The highest BCUT2D eigenvalue weighted by atomic mass is 32.1. The van der Waals surface area contributed by atoms with E-state index in [0.717, 1.165) is 19.2 Å². The van der Waals surface area contributed by atoms with Crippen LogP contribution in [0.5, 0.6) is 0 Å². The lowest BCUT2D eigenvalue weighted by Gasteiger charge is -2.40. The summed E-state index contributed by atoms with van der Waals surface area (Å²) in [4.78, 5) is 6.47. The van der Waals surface area contributed by atoms with Crippen molar-refractivity contribution < 1.29 is 0 Å². The number of hydrogen-bond acceptors (Lipinski definition) is 3. The molecule has 0 amide bonds. The maximum atomic E-state index is 2.59. The number of benzene rings is 4. The Morgan fingerprint density at radius 2 is 1.56 bits per heavy atom. The van der Waals surface area contributed by atoms with Crippen molar-refractivity contribution in [3.8, 4) is 0 Å². The zero-order chi connectivity index (χ0) is 27.3. The Morgan fingerprint density at radius 1 is 0.805 bits per heavy atom. The third-order valence-electron chi connectivity index (χ3n) is 8.83. The van der Waals surface area contributed by atoms with E-state index in [2.05, 4.69) is 144 Å². The Bertz CT molecular complexity index is 1850. The van der Waals surface area contributed by atoms with Crippen LogP contribution < -0.4 is 20.7 Å². The zero-order valence-corrected chi connectivity index (χ0v) is 24.0. The Labute approximate surface area is 246 Å². The van der Waals surface area contributed by atoms with Crippen molar-refractivity contribution >= 4 is 67.9 Å². The molecule has 198 valence electrons. The lowest BCUT2D eigenvalue weighted by atomic mass is 9.36. The van der Waals surface area contributed by atoms with E-state index in [1.54, 1.807) is 0 Å². The average Bonchev–Trinajstić information content (AvgIpc) is 3.41. The van der Waals surface area contributed by atoms with Crippen LogP contribution in [0, 0.1) is 0 Å². The van der Waals surface area contributed by atoms with Gasteiger partial charge in [0.05, 0.1) is 10.4 Å². The van der Waals surface area contributed by atoms with Crippen molar-refractivity contribution in [3.05, 3.63) is 138 Å². The average molecular weight is 547 g/mol. The molecule has 1 aromatic heterocycles. The minimum atomic E-state index is 0.174. The lowest BCUT2D eigenvalue weighted by Crippen LogP contribution is -2.51. The summed E-state index contributed by atoms with van der Waals surface area (Å²) in [5, 5.41) is 1.42. The molecule has 0 radical (unpaired) electrons. The molecule has 5 aromatic rings. The van der Waals surface area contributed by atoms with Gasteiger partial charge < -0.3 is 9.80 Å². The molecule has 2 aliphatic heterocycles. The van der Waals surface area contributed by atoms with Gasteiger partial charge in [-0.15, -0.1) is 11.3 Å². The third-order valence-corrected chi connectivity index (χ3v) is 10.1. The van der Waals surface area contributed by atoms with Crippen molar-refractivity contribution in [1.29, 1.82) is 0 Å². The monoisotopic (exact) mass is 546 g/mol. The molecule has 0 spiro atoms. The van der Waals surface area contributed by atoms with Gasteiger partial charge in [0.2, 0.25) is 6.71 Å². The molecule has 41 heavy (non-hydrogen) atoms. The first-order valence-electron chi connectivity index (χ1n) is 14.7. The molecule has 4 aromatic carbocycles. The number of hydrogen-bond donors (Lipinski definition) is 0. The fraction of sp³-hybridized carbons (Fsp3) is 0.135. The Hall–Kier alpha value is -4.28. The second kappa shape index (κ2) is 9.97. The summed E-state index contributed by atoms with van der Waals surface area (Å²) in [6.07, 6.45) is 14.9. The van der Waals surface area contributed by atoms with Gasteiger partial charge in [0.25, 0.3) is 0 Å². The number of aryl methyl sites for hydroxylation is 1. The first kappa shape index (κ1) is 24.5. The highest BCUT2D eigenvalue weighted by Gasteiger charge is 2.37. The van der Waals surface area contributed by atoms with E-state index in [-0.39, 0.29) is 12.8 Å². The van der Waals surface area contributed by atoms with E-state index in [0.29, 0.717) is 0 Å². The number of fused-ring (bicyclic) bond motifs is 10. The SMILES string of the molecule is CC1/C=C\C=C2/CB(c3ccccc3N2c2ccccc2)c2ccc3c4c(sc3c2N1c1ccccc1)C=CCC4. The summed E-state index contributed by atoms with van der Waals surface area (Å²) >= 11 is 1.98. The van der Waals surface area contributed by atoms with E-state index in [4.69, 9.17) is 0 Å². The molecule has 2 bridgehead atoms. The fourth-order valence-corrected chi connectivity index (χ4v) is 8.33. The second-order valence-corrected chi connectivity index (χ2v) is 12.3. The van der Waals surface area contributed by atoms with E-state index < -0.39 is 0 Å². The van der Waals surface area contributed by atoms with Crippen LogP contribution >= 0.6 is 11.3 Å². The Balaban J connectivity index is 1.44. The number of rotatable bonds is 2. The highest BCUT2D eigenvalue weighted by Crippen LogP contribution is 2.44. The van der Waals surface area contributed by atoms with Crippen molar-refractivity contribution in [3.63, 3.8) is 0 Å². The smallest absolute Gasteiger partial charge is 0.220 e. The number of anilines is 4. The summed E-state index contributed by atoms with van der Waals surface area (Å²) in [6, 6.07) is 35.9. The first-order valence-corrected chi connectivity index (χ1v) is 15.5. The van der Waals surface area contributed by atoms with E-state index in [9.17, 15) is 0 Å². The molecule has 1 atom stereocenters. The summed E-state index contributed by atoms with van der Waals surface area (Å²) < 4.78 is 1.41. The summed E-state index contributed by atoms with van der Waals surface area (Å²) in [5.41, 5.74) is 10.7. The predicted molar refractivity (Wildman–Crippen MR) is 179 cm³/mol. The number of para-hydroxylation sites is 3. The largest absolute Gasteiger partial charge is 0.334 e. The molecule has 3 aliphatic rings. The molecule has 2 nitrogen and oxygen atoms in total. The van der Waals surface area contributed by atoms with Crippen LogP contribution in [0.15, 0.2) is 127 Å². The fourth-order valence-electron chi connectivity index (χ4n) is 6.99. The van der Waals surface area contributed by atoms with Crippen LogP contribution in [0.25, 0.3) is 16.2 Å². The van der Waals surface area contributed by atoms with Gasteiger partial charge >= 0.3 is 0 Å². The quantitative estimate of drug-likeness (QED) is 0.205. The van der Waals surface area contributed by atoms with Crippen molar-refractivity contribution in [2.75, 3.05) is 9.80 Å². The number of allylic oxidation sites excluding steroid dienone is 4. The zero-order valence-electron chi connectivity index (χ0n) is 23.2. The minimum Gasteiger partial charge on any atom is -0.334 e. The van der Waals surface area contributed by atoms with Gasteiger partial charge in [-0.1, -0.05) is 90.4 Å². The van der Waals surface area contributed by atoms with Gasteiger partial charge in [0.1, 0.15) is 0 Å². The standard InChI is InChI=1S/C37H31BN2S/c1-26-13-12-18-29-25-38(32-20-9-10-21-34(32)40(29)28-16-6-3-7-17-28)33-24-23-31-30-19-8-11-22-35(30)41-37(31)36(33)39(26)27-14-4-2-5-15-27/h2-7,9-18,20-24,26H,8,19,25H2,1H3/b13-12-,29-18+. The van der Waals surface area contributed by atoms with Gasteiger partial charge in [-0.25, -0.2) is 0 Å². The summed E-state index contributed by atoms with van der Waals surface area (Å²) in [5.74, 6) is 0. The Kier molecular flexibility index (Phi) is 5.96. The summed E-state index contributed by atoms with van der Waals surface area (Å²) in [7, 11) is 0. The van der Waals surface area contributed by atoms with E-state index >= 15 is 0 Å². The minimum absolute atomic E-state index is 0.174. The van der Waals surface area contributed by atoms with Crippen molar-refractivity contribution in [2.45, 2.75) is 32.1 Å². The van der Waals surface area contributed by atoms with Gasteiger partial charge in [-0.05, 0) is 85.0 Å². The van der Waals surface area contributed by atoms with Gasteiger partial charge in [-0.3, -0.25) is 0 Å². The molecule has 0 saturated carbocycles. The van der Waals surface area contributed by atoms with E-state index in [1.807, 2.05) is 11.3 Å². The predicted octanol–water partition coefficient (Wildman–Crippen LogP) is 8.60. The van der Waals surface area contributed by atoms with Crippen LogP contribution in [0.2, 0.25) is 6.32 Å². The molecule has 1 unspecified atom stereocenters. The molecule has 0 N–H and O–H groups in total. The maximum absolute atomic E-state index is 2.59. The van der Waals surface area contributed by atoms with Crippen LogP contribution in [0.4, 0.5) is 22.7 Å². The van der Waals surface area contributed by atoms with E-state index in [1.165, 1.54) is 59.9 Å². The molecule has 0 fully saturated rings. The van der Waals surface area contributed by atoms with Crippen molar-refractivity contribution in [1.82, 2.24) is 0 Å². The normalized spacial score (nSPS) is 19.7. The van der Waals surface area contributed by atoms with Crippen LogP contribution in [0.3, 0.4) is 0 Å². The van der Waals surface area contributed by atoms with Crippen LogP contribution in [-0.4, -0.2) is 12.8 Å². The second-order valence-electron chi connectivity index (χ2n) is 11.2. The molecule has 8 rings (SSSR count). The third kappa shape index (κ3) is 4.00. The first-order chi connectivity index (χ1) is 20.3. The number of nitrogens with zero attached hydrogens (tertiary/aromatic N) is 2. The molecule has 0 saturated heterocycles. The maximum Gasteiger partial charge on any atom is 0.220 e. The molecule has 3 heterocycles. The van der Waals surface area contributed by atoms with Gasteiger partial charge in [0.15, 0.2) is 0 Å². The van der Waals surface area contributed by atoms with Gasteiger partial charge in [0, 0.05) is 33.7 Å². The topological polar surface area (TPSA) is 6.48 Å². The molecule has 4 heteroatoms. The van der Waals surface area contributed by atoms with Crippen LogP contribution in [0.1, 0.15) is 23.8 Å². The highest BCUT2D eigenvalue weighted by molar-refractivity contribution is 7.21. The Morgan fingerprint density at radius 3 is 2.39 bits per heavy atom. The summed E-state index contributed by atoms with van der Waals surface area (Å²) in [6.45, 7) is 2.58. The molecular formula is C37H31BN2S. The molecule has 1 aliphatic carbocycles. The van der Waals surface area contributed by atoms with Crippen molar-refractivity contribution in [2.24, 2.45) is 0 Å². The van der Waals surface area contributed by atoms with Gasteiger partial charge in [-0.2, -0.15) is 0 Å². The lowest BCUT2D eigenvalue weighted by molar-refractivity contribution is 0.869.